The van der Waals surface area contributed by atoms with Crippen LogP contribution in [0.2, 0.25) is 0 Å². The normalized spacial score (nSPS) is 18.3. The van der Waals surface area contributed by atoms with E-state index in [1.54, 1.807) is 7.11 Å². The average molecular weight is 232 g/mol. The van der Waals surface area contributed by atoms with E-state index in [-0.39, 0.29) is 5.92 Å². The summed E-state index contributed by atoms with van der Waals surface area (Å²) in [5.74, 6) is 0.466. The van der Waals surface area contributed by atoms with Gasteiger partial charge in [-0.15, -0.1) is 0 Å². The number of hydrogen-bond acceptors (Lipinski definition) is 3. The molecule has 1 aromatic carbocycles. The predicted octanol–water partition coefficient (Wildman–Crippen LogP) is 2.24. The molecule has 1 unspecified atom stereocenters. The highest BCUT2D eigenvalue weighted by Gasteiger charge is 2.31. The van der Waals surface area contributed by atoms with Gasteiger partial charge in [0.2, 0.25) is 0 Å². The Balaban J connectivity index is 2.07. The van der Waals surface area contributed by atoms with Crippen molar-refractivity contribution in [2.24, 2.45) is 5.92 Å². The minimum absolute atomic E-state index is 0.338. The number of carboxylic acids is 1. The largest absolute Gasteiger partial charge is 0.497 e. The number of benzene rings is 1. The quantitative estimate of drug-likeness (QED) is 0.862. The highest BCUT2D eigenvalue weighted by atomic mass is 16.5. The molecule has 1 atom stereocenters. The van der Waals surface area contributed by atoms with E-state index in [4.69, 9.17) is 14.3 Å². The molecule has 4 heteroatoms. The average Bonchev–Trinajstić information content (AvgIpc) is 2.84. The van der Waals surface area contributed by atoms with Crippen molar-refractivity contribution in [2.45, 2.75) is 12.8 Å². The summed E-state index contributed by atoms with van der Waals surface area (Å²) in [6, 6.07) is 5.64. The Morgan fingerprint density at radius 3 is 3.00 bits per heavy atom. The van der Waals surface area contributed by atoms with E-state index in [1.165, 1.54) is 0 Å². The molecular formula is C13H12O4. The fourth-order valence-corrected chi connectivity index (χ4v) is 2.41. The van der Waals surface area contributed by atoms with Gasteiger partial charge in [0, 0.05) is 23.4 Å². The Labute approximate surface area is 97.8 Å². The molecule has 1 aliphatic rings. The SMILES string of the molecule is COc1ccc2c3c(oc2c1)CC(C(=O)O)C3. The highest BCUT2D eigenvalue weighted by molar-refractivity contribution is 5.85. The molecule has 88 valence electrons. The van der Waals surface area contributed by atoms with Gasteiger partial charge in [-0.2, -0.15) is 0 Å². The van der Waals surface area contributed by atoms with Gasteiger partial charge in [-0.25, -0.2) is 0 Å². The molecule has 0 saturated heterocycles. The second-order valence-corrected chi connectivity index (χ2v) is 4.31. The van der Waals surface area contributed by atoms with Gasteiger partial charge in [0.05, 0.1) is 13.0 Å². The Bertz CT molecular complexity index is 597. The van der Waals surface area contributed by atoms with Gasteiger partial charge in [-0.3, -0.25) is 4.79 Å². The second-order valence-electron chi connectivity index (χ2n) is 4.31. The number of carboxylic acid groups (broad SMARTS) is 1. The summed E-state index contributed by atoms with van der Waals surface area (Å²) in [6.45, 7) is 0. The molecule has 0 fully saturated rings. The molecule has 17 heavy (non-hydrogen) atoms. The molecule has 0 spiro atoms. The molecular weight excluding hydrogens is 220 g/mol. The van der Waals surface area contributed by atoms with Gasteiger partial charge >= 0.3 is 5.97 Å². The Kier molecular flexibility index (Phi) is 2.11. The van der Waals surface area contributed by atoms with Crippen LogP contribution in [0.25, 0.3) is 11.0 Å². The minimum atomic E-state index is -0.752. The molecule has 0 saturated carbocycles. The number of hydrogen-bond donors (Lipinski definition) is 1. The molecule has 0 radical (unpaired) electrons. The molecule has 2 aromatic rings. The van der Waals surface area contributed by atoms with Gasteiger partial charge in [-0.1, -0.05) is 0 Å². The van der Waals surface area contributed by atoms with Crippen molar-refractivity contribution in [3.63, 3.8) is 0 Å². The smallest absolute Gasteiger partial charge is 0.307 e. The predicted molar refractivity (Wildman–Crippen MR) is 61.3 cm³/mol. The summed E-state index contributed by atoms with van der Waals surface area (Å²) in [5, 5.41) is 10.0. The van der Waals surface area contributed by atoms with E-state index < -0.39 is 5.97 Å². The van der Waals surface area contributed by atoms with E-state index in [0.717, 1.165) is 28.0 Å². The van der Waals surface area contributed by atoms with Crippen LogP contribution in [0.1, 0.15) is 11.3 Å². The maximum atomic E-state index is 10.9. The lowest BCUT2D eigenvalue weighted by Gasteiger charge is -2.02. The lowest BCUT2D eigenvalue weighted by molar-refractivity contribution is -0.141. The summed E-state index contributed by atoms with van der Waals surface area (Å²) in [6.07, 6.45) is 1.05. The fourth-order valence-electron chi connectivity index (χ4n) is 2.41. The van der Waals surface area contributed by atoms with Crippen molar-refractivity contribution >= 4 is 16.9 Å². The van der Waals surface area contributed by atoms with Crippen LogP contribution in [0.3, 0.4) is 0 Å². The number of carbonyl (C=O) groups is 1. The van der Waals surface area contributed by atoms with Crippen LogP contribution in [0.4, 0.5) is 0 Å². The van der Waals surface area contributed by atoms with E-state index in [2.05, 4.69) is 0 Å². The first-order chi connectivity index (χ1) is 8.19. The van der Waals surface area contributed by atoms with Crippen molar-refractivity contribution in [3.8, 4) is 5.75 Å². The lowest BCUT2D eigenvalue weighted by Crippen LogP contribution is -2.13. The zero-order valence-electron chi connectivity index (χ0n) is 9.40. The summed E-state index contributed by atoms with van der Waals surface area (Å²) >= 11 is 0. The Hall–Kier alpha value is -1.97. The highest BCUT2D eigenvalue weighted by Crippen LogP contribution is 2.36. The number of ether oxygens (including phenoxy) is 1. The van der Waals surface area contributed by atoms with Crippen molar-refractivity contribution in [3.05, 3.63) is 29.5 Å². The second kappa shape index (κ2) is 3.52. The third-order valence-electron chi connectivity index (χ3n) is 3.32. The number of methoxy groups -OCH3 is 1. The maximum absolute atomic E-state index is 10.9. The Morgan fingerprint density at radius 1 is 1.47 bits per heavy atom. The van der Waals surface area contributed by atoms with Gasteiger partial charge in [0.15, 0.2) is 0 Å². The van der Waals surface area contributed by atoms with E-state index >= 15 is 0 Å². The number of furan rings is 1. The molecule has 1 aromatic heterocycles. The zero-order chi connectivity index (χ0) is 12.0. The molecule has 1 N–H and O–H groups in total. The van der Waals surface area contributed by atoms with Crippen LogP contribution >= 0.6 is 0 Å². The van der Waals surface area contributed by atoms with Gasteiger partial charge in [0.1, 0.15) is 17.1 Å². The molecule has 1 aliphatic carbocycles. The van der Waals surface area contributed by atoms with Crippen LogP contribution in [-0.4, -0.2) is 18.2 Å². The van der Waals surface area contributed by atoms with E-state index in [1.807, 2.05) is 18.2 Å². The van der Waals surface area contributed by atoms with Crippen molar-refractivity contribution < 1.29 is 19.1 Å². The van der Waals surface area contributed by atoms with E-state index in [9.17, 15) is 4.79 Å². The van der Waals surface area contributed by atoms with Crippen molar-refractivity contribution in [2.75, 3.05) is 7.11 Å². The van der Waals surface area contributed by atoms with E-state index in [0.29, 0.717) is 12.8 Å². The van der Waals surface area contributed by atoms with Gasteiger partial charge in [-0.05, 0) is 18.6 Å². The number of fused-ring (bicyclic) bond motifs is 3. The van der Waals surface area contributed by atoms with Crippen LogP contribution in [0.5, 0.6) is 5.75 Å². The maximum Gasteiger partial charge on any atom is 0.307 e. The topological polar surface area (TPSA) is 59.7 Å². The van der Waals surface area contributed by atoms with Gasteiger partial charge in [0.25, 0.3) is 0 Å². The molecule has 0 amide bonds. The van der Waals surface area contributed by atoms with Crippen LogP contribution in [0, 0.1) is 5.92 Å². The molecule has 4 nitrogen and oxygen atoms in total. The third-order valence-corrected chi connectivity index (χ3v) is 3.32. The standard InChI is InChI=1S/C13H12O4/c1-16-8-2-3-9-10-4-7(13(14)15)5-11(10)17-12(9)6-8/h2-3,6-7H,4-5H2,1H3,(H,14,15). The minimum Gasteiger partial charge on any atom is -0.497 e. The lowest BCUT2D eigenvalue weighted by atomic mass is 10.1. The molecule has 0 bridgehead atoms. The number of rotatable bonds is 2. The Morgan fingerprint density at radius 2 is 2.29 bits per heavy atom. The van der Waals surface area contributed by atoms with Crippen molar-refractivity contribution in [1.29, 1.82) is 0 Å². The first-order valence-electron chi connectivity index (χ1n) is 5.50. The zero-order valence-corrected chi connectivity index (χ0v) is 9.40. The summed E-state index contributed by atoms with van der Waals surface area (Å²) in [7, 11) is 1.61. The fraction of sp³-hybridized carbons (Fsp3) is 0.308. The first kappa shape index (κ1) is 10.2. The molecule has 1 heterocycles. The molecule has 3 rings (SSSR count). The summed E-state index contributed by atoms with van der Waals surface area (Å²) in [4.78, 5) is 10.9. The van der Waals surface area contributed by atoms with Crippen LogP contribution in [0.15, 0.2) is 22.6 Å². The number of aliphatic carboxylic acids is 1. The summed E-state index contributed by atoms with van der Waals surface area (Å²) < 4.78 is 10.8. The summed E-state index contributed by atoms with van der Waals surface area (Å²) in [5.41, 5.74) is 1.81. The molecule has 0 aliphatic heterocycles. The monoisotopic (exact) mass is 232 g/mol. The van der Waals surface area contributed by atoms with Crippen LogP contribution in [-0.2, 0) is 17.6 Å². The van der Waals surface area contributed by atoms with Crippen LogP contribution < -0.4 is 4.74 Å². The van der Waals surface area contributed by atoms with Gasteiger partial charge < -0.3 is 14.3 Å². The van der Waals surface area contributed by atoms with Crippen molar-refractivity contribution in [1.82, 2.24) is 0 Å². The first-order valence-corrected chi connectivity index (χ1v) is 5.50. The third kappa shape index (κ3) is 1.48.